The van der Waals surface area contributed by atoms with Crippen LogP contribution in [0.5, 0.6) is 0 Å². The molecule has 1 aromatic rings. The van der Waals surface area contributed by atoms with Gasteiger partial charge >= 0.3 is 6.18 Å². The molecule has 20 heavy (non-hydrogen) atoms. The number of rotatable bonds is 4. The Morgan fingerprint density at radius 1 is 1.25 bits per heavy atom. The van der Waals surface area contributed by atoms with E-state index < -0.39 is 11.7 Å². The minimum atomic E-state index is -4.32. The minimum absolute atomic E-state index is 0.158. The van der Waals surface area contributed by atoms with E-state index in [1.807, 2.05) is 0 Å². The summed E-state index contributed by atoms with van der Waals surface area (Å²) in [5.74, 6) is 0. The Labute approximate surface area is 126 Å². The molecule has 0 aliphatic heterocycles. The molecule has 1 nitrogen and oxygen atoms in total. The van der Waals surface area contributed by atoms with Crippen LogP contribution in [0.1, 0.15) is 44.6 Å². The third-order valence-electron chi connectivity index (χ3n) is 4.36. The molecule has 1 aliphatic carbocycles. The van der Waals surface area contributed by atoms with Gasteiger partial charge in [-0.3, -0.25) is 0 Å². The second kappa shape index (κ2) is 5.96. The summed E-state index contributed by atoms with van der Waals surface area (Å²) < 4.78 is 39.7. The number of anilines is 1. The molecule has 0 atom stereocenters. The van der Waals surface area contributed by atoms with E-state index in [1.54, 1.807) is 0 Å². The molecule has 0 bridgehead atoms. The normalized spacial score (nSPS) is 18.2. The lowest BCUT2D eigenvalue weighted by Gasteiger charge is -2.29. The minimum Gasteiger partial charge on any atom is -0.384 e. The lowest BCUT2D eigenvalue weighted by molar-refractivity contribution is -0.137. The molecule has 1 aromatic carbocycles. The highest BCUT2D eigenvalue weighted by Gasteiger charge is 2.35. The van der Waals surface area contributed by atoms with Crippen LogP contribution in [0.3, 0.4) is 0 Å². The van der Waals surface area contributed by atoms with Gasteiger partial charge in [0.1, 0.15) is 0 Å². The molecule has 0 heterocycles. The summed E-state index contributed by atoms with van der Waals surface area (Å²) in [6.07, 6.45) is 1.26. The molecule has 0 amide bonds. The van der Waals surface area contributed by atoms with Gasteiger partial charge in [0.25, 0.3) is 0 Å². The third kappa shape index (κ3) is 3.48. The number of alkyl halides is 3. The standard InChI is InChI=1S/C15H19BrF3N/c1-2-14(7-3-4-8-14)10-20-13-9-11(16)5-6-12(13)15(17,18)19/h5-6,9,20H,2-4,7-8,10H2,1H3. The monoisotopic (exact) mass is 349 g/mol. The molecule has 5 heteroatoms. The van der Waals surface area contributed by atoms with Crippen molar-refractivity contribution in [2.24, 2.45) is 5.41 Å². The molecule has 0 saturated heterocycles. The molecule has 0 unspecified atom stereocenters. The van der Waals surface area contributed by atoms with Gasteiger partial charge in [-0.25, -0.2) is 0 Å². The maximum Gasteiger partial charge on any atom is 0.418 e. The van der Waals surface area contributed by atoms with Gasteiger partial charge in [-0.15, -0.1) is 0 Å². The number of halogens is 4. The molecule has 0 radical (unpaired) electrons. The molecular weight excluding hydrogens is 331 g/mol. The van der Waals surface area contributed by atoms with Crippen LogP contribution in [-0.4, -0.2) is 6.54 Å². The van der Waals surface area contributed by atoms with E-state index in [-0.39, 0.29) is 11.1 Å². The Balaban J connectivity index is 2.18. The van der Waals surface area contributed by atoms with Gasteiger partial charge in [0, 0.05) is 16.7 Å². The van der Waals surface area contributed by atoms with Crippen LogP contribution in [0.25, 0.3) is 0 Å². The maximum atomic E-state index is 13.0. The second-order valence-electron chi connectivity index (χ2n) is 5.60. The van der Waals surface area contributed by atoms with Crippen molar-refractivity contribution in [1.29, 1.82) is 0 Å². The van der Waals surface area contributed by atoms with E-state index in [0.29, 0.717) is 11.0 Å². The van der Waals surface area contributed by atoms with Gasteiger partial charge in [-0.05, 0) is 42.9 Å². The Hall–Kier alpha value is -0.710. The van der Waals surface area contributed by atoms with Gasteiger partial charge in [-0.2, -0.15) is 13.2 Å². The lowest BCUT2D eigenvalue weighted by Crippen LogP contribution is -2.26. The number of benzene rings is 1. The Morgan fingerprint density at radius 3 is 2.45 bits per heavy atom. The first-order valence-corrected chi connectivity index (χ1v) is 7.76. The van der Waals surface area contributed by atoms with Crippen LogP contribution in [0, 0.1) is 5.41 Å². The molecule has 1 N–H and O–H groups in total. The van der Waals surface area contributed by atoms with Crippen molar-refractivity contribution >= 4 is 21.6 Å². The summed E-state index contributed by atoms with van der Waals surface area (Å²) in [5.41, 5.74) is -0.262. The quantitative estimate of drug-likeness (QED) is 0.718. The van der Waals surface area contributed by atoms with Crippen LogP contribution >= 0.6 is 15.9 Å². The first-order chi connectivity index (χ1) is 9.36. The van der Waals surface area contributed by atoms with E-state index in [4.69, 9.17) is 0 Å². The topological polar surface area (TPSA) is 12.0 Å². The highest BCUT2D eigenvalue weighted by atomic mass is 79.9. The van der Waals surface area contributed by atoms with Crippen molar-refractivity contribution in [3.8, 4) is 0 Å². The summed E-state index contributed by atoms with van der Waals surface area (Å²) >= 11 is 3.24. The van der Waals surface area contributed by atoms with Crippen LogP contribution in [-0.2, 0) is 6.18 Å². The summed E-state index contributed by atoms with van der Waals surface area (Å²) in [6, 6.07) is 4.07. The van der Waals surface area contributed by atoms with E-state index in [1.165, 1.54) is 25.0 Å². The van der Waals surface area contributed by atoms with Crippen molar-refractivity contribution in [2.75, 3.05) is 11.9 Å². The summed E-state index contributed by atoms with van der Waals surface area (Å²) in [6.45, 7) is 2.74. The Morgan fingerprint density at radius 2 is 1.90 bits per heavy atom. The first-order valence-electron chi connectivity index (χ1n) is 6.97. The van der Waals surface area contributed by atoms with Crippen molar-refractivity contribution in [3.05, 3.63) is 28.2 Å². The molecule has 2 rings (SSSR count). The summed E-state index contributed by atoms with van der Waals surface area (Å²) in [4.78, 5) is 0. The largest absolute Gasteiger partial charge is 0.418 e. The molecule has 0 aromatic heterocycles. The zero-order chi connectivity index (χ0) is 14.8. The third-order valence-corrected chi connectivity index (χ3v) is 4.85. The van der Waals surface area contributed by atoms with Crippen molar-refractivity contribution in [2.45, 2.75) is 45.2 Å². The molecular formula is C15H19BrF3N. The van der Waals surface area contributed by atoms with Gasteiger partial charge in [0.2, 0.25) is 0 Å². The van der Waals surface area contributed by atoms with Crippen molar-refractivity contribution in [3.63, 3.8) is 0 Å². The molecule has 1 saturated carbocycles. The smallest absolute Gasteiger partial charge is 0.384 e. The van der Waals surface area contributed by atoms with Crippen LogP contribution < -0.4 is 5.32 Å². The first kappa shape index (κ1) is 15.7. The summed E-state index contributed by atoms with van der Waals surface area (Å²) in [5, 5.41) is 3.04. The SMILES string of the molecule is CCC1(CNc2cc(Br)ccc2C(F)(F)F)CCCC1. The fourth-order valence-electron chi connectivity index (χ4n) is 2.97. The average Bonchev–Trinajstić information content (AvgIpc) is 2.84. The van der Waals surface area contributed by atoms with Crippen molar-refractivity contribution < 1.29 is 13.2 Å². The number of nitrogens with one attached hydrogen (secondary N) is 1. The van der Waals surface area contributed by atoms with Crippen molar-refractivity contribution in [1.82, 2.24) is 0 Å². The molecule has 0 spiro atoms. The lowest BCUT2D eigenvalue weighted by atomic mass is 9.83. The fraction of sp³-hybridized carbons (Fsp3) is 0.600. The fourth-order valence-corrected chi connectivity index (χ4v) is 3.33. The average molecular weight is 350 g/mol. The zero-order valence-corrected chi connectivity index (χ0v) is 13.1. The Bertz CT molecular complexity index is 465. The molecule has 1 fully saturated rings. The van der Waals surface area contributed by atoms with E-state index in [2.05, 4.69) is 28.2 Å². The number of hydrogen-bond acceptors (Lipinski definition) is 1. The van der Waals surface area contributed by atoms with E-state index >= 15 is 0 Å². The van der Waals surface area contributed by atoms with Gasteiger partial charge in [0.05, 0.1) is 5.56 Å². The molecule has 1 aliphatic rings. The van der Waals surface area contributed by atoms with Crippen LogP contribution in [0.15, 0.2) is 22.7 Å². The summed E-state index contributed by atoms with van der Waals surface area (Å²) in [7, 11) is 0. The second-order valence-corrected chi connectivity index (χ2v) is 6.52. The van der Waals surface area contributed by atoms with Crippen LogP contribution in [0.2, 0.25) is 0 Å². The maximum absolute atomic E-state index is 13.0. The van der Waals surface area contributed by atoms with Crippen LogP contribution in [0.4, 0.5) is 18.9 Å². The van der Waals surface area contributed by atoms with Gasteiger partial charge in [0.15, 0.2) is 0 Å². The Kier molecular flexibility index (Phi) is 4.67. The highest BCUT2D eigenvalue weighted by molar-refractivity contribution is 9.10. The van der Waals surface area contributed by atoms with E-state index in [0.717, 1.165) is 25.3 Å². The van der Waals surface area contributed by atoms with Gasteiger partial charge in [-0.1, -0.05) is 35.7 Å². The highest BCUT2D eigenvalue weighted by Crippen LogP contribution is 2.42. The number of hydrogen-bond donors (Lipinski definition) is 1. The van der Waals surface area contributed by atoms with Gasteiger partial charge < -0.3 is 5.32 Å². The van der Waals surface area contributed by atoms with E-state index in [9.17, 15) is 13.2 Å². The predicted molar refractivity (Wildman–Crippen MR) is 78.8 cm³/mol. The molecule has 112 valence electrons. The zero-order valence-electron chi connectivity index (χ0n) is 11.5. The predicted octanol–water partition coefficient (Wildman–Crippen LogP) is 5.85.